The van der Waals surface area contributed by atoms with Crippen LogP contribution in [0.3, 0.4) is 0 Å². The quantitative estimate of drug-likeness (QED) is 0.602. The summed E-state index contributed by atoms with van der Waals surface area (Å²) in [7, 11) is 0. The summed E-state index contributed by atoms with van der Waals surface area (Å²) in [5.41, 5.74) is -0.484. The second-order valence-electron chi connectivity index (χ2n) is 7.63. The Labute approximate surface area is 165 Å². The van der Waals surface area contributed by atoms with Crippen LogP contribution >= 0.6 is 24.0 Å². The smallest absolute Gasteiger partial charge is 0.410 e. The maximum atomic E-state index is 12.2. The van der Waals surface area contributed by atoms with Crippen LogP contribution in [-0.4, -0.2) is 78.2 Å². The topological polar surface area (TPSA) is 86.3 Å². The fraction of sp³-hybridized carbons (Fsp3) is 0.812. The van der Waals surface area contributed by atoms with E-state index in [1.165, 1.54) is 0 Å². The highest BCUT2D eigenvalue weighted by Crippen LogP contribution is 2.19. The number of halogens is 1. The number of carbonyl (C=O) groups is 2. The van der Waals surface area contributed by atoms with Gasteiger partial charge in [0.15, 0.2) is 5.96 Å². The number of nitrogens with one attached hydrogen (secondary N) is 2. The fourth-order valence-corrected chi connectivity index (χ4v) is 2.89. The van der Waals surface area contributed by atoms with Crippen molar-refractivity contribution >= 4 is 41.9 Å². The first-order valence-corrected chi connectivity index (χ1v) is 8.64. The zero-order chi connectivity index (χ0) is 17.3. The van der Waals surface area contributed by atoms with Gasteiger partial charge in [-0.3, -0.25) is 9.79 Å². The molecule has 2 N–H and O–H groups in total. The van der Waals surface area contributed by atoms with E-state index in [1.807, 2.05) is 20.8 Å². The predicted molar refractivity (Wildman–Crippen MR) is 105 cm³/mol. The highest BCUT2D eigenvalue weighted by Gasteiger charge is 2.36. The van der Waals surface area contributed by atoms with Gasteiger partial charge in [0.05, 0.1) is 19.1 Å². The van der Waals surface area contributed by atoms with E-state index in [-0.39, 0.29) is 48.6 Å². The normalized spacial score (nSPS) is 22.5. The van der Waals surface area contributed by atoms with Gasteiger partial charge in [-0.05, 0) is 33.6 Å². The molecule has 3 rings (SSSR count). The summed E-state index contributed by atoms with van der Waals surface area (Å²) in [4.78, 5) is 32.3. The van der Waals surface area contributed by atoms with Crippen LogP contribution in [0.2, 0.25) is 0 Å². The summed E-state index contributed by atoms with van der Waals surface area (Å²) in [6.07, 6.45) is 1.90. The third kappa shape index (κ3) is 5.61. The first-order valence-electron chi connectivity index (χ1n) is 8.64. The third-order valence-corrected chi connectivity index (χ3v) is 4.21. The molecule has 0 aromatic heterocycles. The number of guanidine groups is 1. The summed E-state index contributed by atoms with van der Waals surface area (Å²) >= 11 is 0. The molecular formula is C16H28IN5O3. The molecule has 3 aliphatic rings. The standard InChI is InChI=1S/C16H27N5O3.HI/c1-16(2,3)24-15(23)20-6-7-21-12(10-20)8-17-14(21)18-9-13(22)19-11-4-5-11;/h11-12H,4-10H2,1-3H3,(H,17,18)(H,19,22);1H. The summed E-state index contributed by atoms with van der Waals surface area (Å²) in [5, 5.41) is 6.07. The average molecular weight is 465 g/mol. The number of nitrogens with zero attached hydrogens (tertiary/aromatic N) is 3. The van der Waals surface area contributed by atoms with Crippen LogP contribution in [0.25, 0.3) is 0 Å². The van der Waals surface area contributed by atoms with Crippen molar-refractivity contribution in [2.75, 3.05) is 32.7 Å². The molecule has 0 bridgehead atoms. The van der Waals surface area contributed by atoms with Crippen molar-refractivity contribution in [3.63, 3.8) is 0 Å². The number of ether oxygens (including phenoxy) is 1. The molecule has 2 heterocycles. The van der Waals surface area contributed by atoms with E-state index in [2.05, 4.69) is 20.5 Å². The van der Waals surface area contributed by atoms with Crippen molar-refractivity contribution in [2.24, 2.45) is 4.99 Å². The zero-order valence-electron chi connectivity index (χ0n) is 15.1. The Kier molecular flexibility index (Phi) is 6.39. The SMILES string of the molecule is CC(C)(C)OC(=O)N1CCN2C(NCC(=O)NC3CC3)=NCC2C1.I. The number of hydrogen-bond donors (Lipinski definition) is 2. The van der Waals surface area contributed by atoms with Crippen molar-refractivity contribution in [1.29, 1.82) is 0 Å². The van der Waals surface area contributed by atoms with Gasteiger partial charge < -0.3 is 25.2 Å². The highest BCUT2D eigenvalue weighted by molar-refractivity contribution is 14.0. The molecule has 8 nitrogen and oxygen atoms in total. The molecule has 2 amide bonds. The van der Waals surface area contributed by atoms with Gasteiger partial charge in [0, 0.05) is 25.7 Å². The van der Waals surface area contributed by atoms with Gasteiger partial charge in [0.1, 0.15) is 5.60 Å². The molecule has 1 atom stereocenters. The number of hydrogen-bond acceptors (Lipinski definition) is 6. The second kappa shape index (κ2) is 7.96. The maximum Gasteiger partial charge on any atom is 0.410 e. The Hall–Kier alpha value is -1.26. The number of amides is 2. The molecule has 0 radical (unpaired) electrons. The minimum atomic E-state index is -0.484. The van der Waals surface area contributed by atoms with Crippen LogP contribution in [0, 0.1) is 0 Å². The van der Waals surface area contributed by atoms with Crippen molar-refractivity contribution in [2.45, 2.75) is 51.3 Å². The van der Waals surface area contributed by atoms with Gasteiger partial charge in [-0.2, -0.15) is 0 Å². The van der Waals surface area contributed by atoms with Crippen LogP contribution in [0.4, 0.5) is 4.79 Å². The number of fused-ring (bicyclic) bond motifs is 1. The molecule has 142 valence electrons. The highest BCUT2D eigenvalue weighted by atomic mass is 127. The van der Waals surface area contributed by atoms with Crippen molar-refractivity contribution in [1.82, 2.24) is 20.4 Å². The van der Waals surface area contributed by atoms with Gasteiger partial charge in [0.25, 0.3) is 0 Å². The monoisotopic (exact) mass is 465 g/mol. The molecule has 25 heavy (non-hydrogen) atoms. The Morgan fingerprint density at radius 1 is 1.28 bits per heavy atom. The molecule has 0 aromatic rings. The first kappa shape index (κ1) is 20.1. The van der Waals surface area contributed by atoms with Crippen molar-refractivity contribution in [3.05, 3.63) is 0 Å². The molecule has 0 spiro atoms. The summed E-state index contributed by atoms with van der Waals surface area (Å²) < 4.78 is 5.44. The molecule has 1 unspecified atom stereocenters. The van der Waals surface area contributed by atoms with Crippen molar-refractivity contribution in [3.8, 4) is 0 Å². The fourth-order valence-electron chi connectivity index (χ4n) is 2.89. The summed E-state index contributed by atoms with van der Waals surface area (Å²) in [6.45, 7) is 8.37. The third-order valence-electron chi connectivity index (χ3n) is 4.21. The molecule has 1 aliphatic carbocycles. The predicted octanol–water partition coefficient (Wildman–Crippen LogP) is 0.764. The first-order chi connectivity index (χ1) is 11.3. The van der Waals surface area contributed by atoms with Crippen LogP contribution in [0.15, 0.2) is 4.99 Å². The average Bonchev–Trinajstić information content (AvgIpc) is 3.21. The maximum absolute atomic E-state index is 12.2. The van der Waals surface area contributed by atoms with Crippen LogP contribution in [0.5, 0.6) is 0 Å². The van der Waals surface area contributed by atoms with Crippen LogP contribution in [-0.2, 0) is 9.53 Å². The number of rotatable bonds is 3. The molecule has 0 aromatic carbocycles. The Bertz CT molecular complexity index is 544. The Balaban J connectivity index is 0.00000225. The van der Waals surface area contributed by atoms with E-state index in [1.54, 1.807) is 4.90 Å². The Morgan fingerprint density at radius 2 is 2.00 bits per heavy atom. The van der Waals surface area contributed by atoms with E-state index in [4.69, 9.17) is 4.74 Å². The molecular weight excluding hydrogens is 437 g/mol. The minimum Gasteiger partial charge on any atom is -0.444 e. The van der Waals surface area contributed by atoms with Crippen LogP contribution in [0.1, 0.15) is 33.6 Å². The van der Waals surface area contributed by atoms with Crippen LogP contribution < -0.4 is 10.6 Å². The van der Waals surface area contributed by atoms with Gasteiger partial charge in [-0.25, -0.2) is 4.79 Å². The summed E-state index contributed by atoms with van der Waals surface area (Å²) in [6, 6.07) is 0.523. The molecule has 1 saturated heterocycles. The van der Waals surface area contributed by atoms with E-state index in [0.717, 1.165) is 18.8 Å². The Morgan fingerprint density at radius 3 is 2.64 bits per heavy atom. The zero-order valence-corrected chi connectivity index (χ0v) is 17.4. The minimum absolute atomic E-state index is 0. The van der Waals surface area contributed by atoms with Gasteiger partial charge in [-0.15, -0.1) is 24.0 Å². The lowest BCUT2D eigenvalue weighted by Gasteiger charge is -2.39. The van der Waals surface area contributed by atoms with Gasteiger partial charge in [-0.1, -0.05) is 0 Å². The number of aliphatic imine (C=N–C) groups is 1. The van der Waals surface area contributed by atoms with E-state index in [9.17, 15) is 9.59 Å². The van der Waals surface area contributed by atoms with Crippen molar-refractivity contribution < 1.29 is 14.3 Å². The molecule has 2 aliphatic heterocycles. The number of carbonyl (C=O) groups excluding carboxylic acids is 2. The lowest BCUT2D eigenvalue weighted by molar-refractivity contribution is -0.120. The van der Waals surface area contributed by atoms with E-state index >= 15 is 0 Å². The molecule has 2 fully saturated rings. The van der Waals surface area contributed by atoms with E-state index in [0.29, 0.717) is 32.2 Å². The lowest BCUT2D eigenvalue weighted by atomic mass is 10.2. The lowest BCUT2D eigenvalue weighted by Crippen LogP contribution is -2.58. The largest absolute Gasteiger partial charge is 0.444 e. The number of piperazine rings is 1. The molecule has 9 heteroatoms. The molecule has 1 saturated carbocycles. The summed E-state index contributed by atoms with van der Waals surface area (Å²) in [5.74, 6) is 0.769. The van der Waals surface area contributed by atoms with Gasteiger partial charge in [0.2, 0.25) is 5.91 Å². The van der Waals surface area contributed by atoms with E-state index < -0.39 is 5.60 Å². The van der Waals surface area contributed by atoms with Gasteiger partial charge >= 0.3 is 6.09 Å². The second-order valence-corrected chi connectivity index (χ2v) is 7.63.